The number of fused-ring (bicyclic) bond motifs is 2. The number of hydrogen-bond donors (Lipinski definition) is 4. The van der Waals surface area contributed by atoms with Crippen molar-refractivity contribution >= 4 is 74.0 Å². The molecule has 0 amide bonds. The van der Waals surface area contributed by atoms with E-state index >= 15 is 0 Å². The van der Waals surface area contributed by atoms with E-state index in [4.69, 9.17) is 26.7 Å². The van der Waals surface area contributed by atoms with Crippen LogP contribution in [0.1, 0.15) is 29.8 Å². The molecule has 0 atom stereocenters. The first-order valence-corrected chi connectivity index (χ1v) is 18.8. The number of anilines is 3. The van der Waals surface area contributed by atoms with Crippen LogP contribution in [0.25, 0.3) is 27.3 Å². The van der Waals surface area contributed by atoms with Crippen molar-refractivity contribution in [1.82, 2.24) is 4.90 Å². The van der Waals surface area contributed by atoms with Crippen LogP contribution in [0.15, 0.2) is 113 Å². The van der Waals surface area contributed by atoms with E-state index in [0.717, 1.165) is 27.8 Å². The van der Waals surface area contributed by atoms with E-state index in [1.807, 2.05) is 48.5 Å². The first kappa shape index (κ1) is 48.8. The highest BCUT2D eigenvalue weighted by molar-refractivity contribution is 6.24. The molecule has 0 aliphatic carbocycles. The Morgan fingerprint density at radius 1 is 0.625 bits per heavy atom. The minimum Gasteiger partial charge on any atom is -0.506 e. The lowest BCUT2D eigenvalue weighted by atomic mass is 10.0. The summed E-state index contributed by atoms with van der Waals surface area (Å²) in [6.45, 7) is 2.94. The lowest BCUT2D eigenvalue weighted by Gasteiger charge is -2.11. The molecule has 0 aromatic heterocycles. The molecule has 0 saturated heterocycles. The number of aliphatic hydroxyl groups excluding tert-OH is 1. The van der Waals surface area contributed by atoms with Crippen LogP contribution >= 0.6 is 0 Å². The van der Waals surface area contributed by atoms with E-state index in [1.54, 1.807) is 45.3 Å². The van der Waals surface area contributed by atoms with Crippen molar-refractivity contribution < 1.29 is 59.7 Å². The zero-order valence-corrected chi connectivity index (χ0v) is 34.5. The van der Waals surface area contributed by atoms with Crippen molar-refractivity contribution in [2.24, 2.45) is 4.99 Å². The zero-order chi connectivity index (χ0) is 47.4. The lowest BCUT2D eigenvalue weighted by molar-refractivity contribution is -0.138. The summed E-state index contributed by atoms with van der Waals surface area (Å²) in [6, 6.07) is 23.6. The second kappa shape index (κ2) is 21.8. The highest BCUT2D eigenvalue weighted by atomic mass is 19.2. The molecule has 0 bridgehead atoms. The minimum absolute atomic E-state index is 0.0308. The van der Waals surface area contributed by atoms with Crippen LogP contribution in [-0.4, -0.2) is 61.3 Å². The molecule has 6 rings (SSSR count). The molecule has 11 nitrogen and oxygen atoms in total. The van der Waals surface area contributed by atoms with Crippen molar-refractivity contribution in [3.63, 3.8) is 0 Å². The number of halogens is 7. The maximum atomic E-state index is 14.1. The Labute approximate surface area is 361 Å². The number of nitrogens with zero attached hydrogens (tertiary/aromatic N) is 2. The molecule has 6 aromatic rings. The quantitative estimate of drug-likeness (QED) is 0.00883. The number of benzene rings is 6. The maximum Gasteiger partial charge on any atom is 0.343 e. The van der Waals surface area contributed by atoms with Gasteiger partial charge < -0.3 is 36.7 Å². The molecule has 0 unspecified atom stereocenters. The van der Waals surface area contributed by atoms with Crippen LogP contribution in [0.4, 0.5) is 53.5 Å². The van der Waals surface area contributed by atoms with Crippen LogP contribution < -0.4 is 17.2 Å². The highest BCUT2D eigenvalue weighted by Crippen LogP contribution is 2.30. The van der Waals surface area contributed by atoms with Gasteiger partial charge in [-0.15, -0.1) is 0 Å². The summed E-state index contributed by atoms with van der Waals surface area (Å²) >= 11 is 0. The highest BCUT2D eigenvalue weighted by Gasteiger charge is 2.26. The number of nitrogen functional groups attached to an aromatic ring is 3. The number of nitrogens with two attached hydrogens (primary N) is 3. The van der Waals surface area contributed by atoms with Gasteiger partial charge in [0.1, 0.15) is 16.9 Å². The molecular weight excluding hydrogens is 852 g/mol. The number of aliphatic hydroxyl groups is 1. The standard InChI is InChI=1S/C22H16F4N2O3.C14H14F3NO3.C10H10N2/c1-2-31-22(30)14(21(29)13-9-15(23)19(25)20(26)18(13)24)10-28-17-8-12-6-4-3-5-11(12)7-16(17)27;1-4-21-14(20)9(7-18(2)3)13(19)8-5-10(15)12(17)11(16)6-8;11-9-5-7-3-1-2-4-8(7)6-10(9)12/h3-10,29H,2,27H2,1H3;5-7H,4H2,1-3H3;1-6H,11-12H2/b;9-7-;. The molecule has 18 heteroatoms. The molecule has 0 saturated carbocycles. The van der Waals surface area contributed by atoms with Gasteiger partial charge in [-0.05, 0) is 77.9 Å². The predicted octanol–water partition coefficient (Wildman–Crippen LogP) is 9.51. The maximum absolute atomic E-state index is 14.1. The third kappa shape index (κ3) is 11.9. The van der Waals surface area contributed by atoms with Gasteiger partial charge in [-0.1, -0.05) is 48.5 Å². The van der Waals surface area contributed by atoms with Crippen molar-refractivity contribution in [2.75, 3.05) is 44.5 Å². The smallest absolute Gasteiger partial charge is 0.343 e. The normalized spacial score (nSPS) is 11.6. The molecule has 6 aromatic carbocycles. The molecule has 0 radical (unpaired) electrons. The lowest BCUT2D eigenvalue weighted by Crippen LogP contribution is -2.20. The molecule has 7 N–H and O–H groups in total. The van der Waals surface area contributed by atoms with E-state index in [9.17, 15) is 50.2 Å². The fourth-order valence-electron chi connectivity index (χ4n) is 5.59. The van der Waals surface area contributed by atoms with Gasteiger partial charge in [-0.2, -0.15) is 0 Å². The topological polar surface area (TPSA) is 184 Å². The SMILES string of the molecule is CCOC(=O)/C(=C\N(C)C)C(=O)c1cc(F)c(F)c(F)c1.CCOC(=O)C(C=Nc1cc2ccccc2cc1N)=C(O)c1cc(F)c(F)c(F)c1F.Nc1cc2ccccc2cc1N. The van der Waals surface area contributed by atoms with E-state index < -0.39 is 86.5 Å². The zero-order valence-electron chi connectivity index (χ0n) is 34.5. The Morgan fingerprint density at radius 3 is 1.56 bits per heavy atom. The van der Waals surface area contributed by atoms with Gasteiger partial charge in [-0.3, -0.25) is 9.79 Å². The van der Waals surface area contributed by atoms with Crippen LogP contribution in [0.5, 0.6) is 0 Å². The van der Waals surface area contributed by atoms with Gasteiger partial charge in [-0.25, -0.2) is 40.3 Å². The first-order chi connectivity index (χ1) is 30.3. The van der Waals surface area contributed by atoms with Gasteiger partial charge in [0.2, 0.25) is 5.78 Å². The van der Waals surface area contributed by atoms with Gasteiger partial charge >= 0.3 is 11.9 Å². The van der Waals surface area contributed by atoms with Gasteiger partial charge in [0, 0.05) is 32.1 Å². The number of carbonyl (C=O) groups is 3. The molecule has 0 heterocycles. The van der Waals surface area contributed by atoms with Crippen LogP contribution in [0.3, 0.4) is 0 Å². The van der Waals surface area contributed by atoms with E-state index in [0.29, 0.717) is 23.5 Å². The first-order valence-electron chi connectivity index (χ1n) is 18.8. The monoisotopic (exact) mass is 891 g/mol. The van der Waals surface area contributed by atoms with Crippen molar-refractivity contribution in [2.45, 2.75) is 13.8 Å². The van der Waals surface area contributed by atoms with E-state index in [2.05, 4.69) is 4.99 Å². The second-order valence-corrected chi connectivity index (χ2v) is 13.5. The Bertz CT molecular complexity index is 2770. The molecule has 0 aliphatic heterocycles. The number of ether oxygens (including phenoxy) is 2. The number of esters is 2. The fourth-order valence-corrected chi connectivity index (χ4v) is 5.59. The molecule has 0 aliphatic rings. The molecular formula is C46H40F7N5O6. The molecule has 0 fully saturated rings. The van der Waals surface area contributed by atoms with Crippen molar-refractivity contribution in [3.8, 4) is 0 Å². The third-order valence-electron chi connectivity index (χ3n) is 8.66. The number of Topliss-reactive ketones (excluding diaryl/α,β-unsaturated/α-hetero) is 1. The summed E-state index contributed by atoms with van der Waals surface area (Å²) in [4.78, 5) is 41.6. The van der Waals surface area contributed by atoms with E-state index in [1.165, 1.54) is 18.0 Å². The Morgan fingerprint density at radius 2 is 1.08 bits per heavy atom. The van der Waals surface area contributed by atoms with Gasteiger partial charge in [0.25, 0.3) is 0 Å². The van der Waals surface area contributed by atoms with Crippen molar-refractivity contribution in [3.05, 3.63) is 160 Å². The average molecular weight is 892 g/mol. The predicted molar refractivity (Wildman–Crippen MR) is 231 cm³/mol. The minimum atomic E-state index is -2.14. The number of ketones is 1. The van der Waals surface area contributed by atoms with Gasteiger partial charge in [0.15, 0.2) is 40.7 Å². The summed E-state index contributed by atoms with van der Waals surface area (Å²) in [7, 11) is 3.11. The van der Waals surface area contributed by atoms with E-state index in [-0.39, 0.29) is 30.7 Å². The van der Waals surface area contributed by atoms with Crippen LogP contribution in [0, 0.1) is 40.7 Å². The Balaban J connectivity index is 0.000000233. The number of rotatable bonds is 10. The Kier molecular flexibility index (Phi) is 16.6. The van der Waals surface area contributed by atoms with Crippen molar-refractivity contribution in [1.29, 1.82) is 0 Å². The largest absolute Gasteiger partial charge is 0.506 e. The third-order valence-corrected chi connectivity index (χ3v) is 8.66. The number of aliphatic imine (C=N–C) groups is 1. The van der Waals surface area contributed by atoms with Crippen LogP contribution in [0.2, 0.25) is 0 Å². The number of carbonyl (C=O) groups excluding carboxylic acids is 3. The van der Waals surface area contributed by atoms with Crippen LogP contribution in [-0.2, 0) is 19.1 Å². The van der Waals surface area contributed by atoms with Gasteiger partial charge in [0.05, 0.1) is 41.5 Å². The summed E-state index contributed by atoms with van der Waals surface area (Å²) in [5.41, 5.74) is 16.4. The summed E-state index contributed by atoms with van der Waals surface area (Å²) in [5, 5.41) is 14.3. The summed E-state index contributed by atoms with van der Waals surface area (Å²) in [6.07, 6.45) is 1.99. The molecule has 64 heavy (non-hydrogen) atoms. The molecule has 0 spiro atoms. The summed E-state index contributed by atoms with van der Waals surface area (Å²) < 4.78 is 103. The fraction of sp³-hybridized carbons (Fsp3) is 0.130. The number of hydrogen-bond acceptors (Lipinski definition) is 11. The molecule has 334 valence electrons. The summed E-state index contributed by atoms with van der Waals surface area (Å²) in [5.74, 6) is -16.7. The average Bonchev–Trinajstić information content (AvgIpc) is 3.25. The Hall–Kier alpha value is -7.89. The second-order valence-electron chi connectivity index (χ2n) is 13.5.